The number of benzene rings is 1. The van der Waals surface area contributed by atoms with Crippen LogP contribution in [-0.2, 0) is 14.6 Å². The molecule has 0 saturated heterocycles. The zero-order valence-electron chi connectivity index (χ0n) is 12.4. The Kier molecular flexibility index (Phi) is 4.51. The fraction of sp³-hybridized carbons (Fsp3) is 0.286. The van der Waals surface area contributed by atoms with Crippen LogP contribution in [0.5, 0.6) is 5.75 Å². The standard InChI is InChI=1S/C14H16N2O5S/c1-9-8-13(16-21-9)15-14(17)10(2)20-11-4-6-12(7-5-11)22(3,18)19/h4-8,10H,1-3H3,(H,15,16,17). The van der Waals surface area contributed by atoms with E-state index in [-0.39, 0.29) is 10.8 Å². The first kappa shape index (κ1) is 16.0. The summed E-state index contributed by atoms with van der Waals surface area (Å²) < 4.78 is 33.0. The Morgan fingerprint density at radius 2 is 1.95 bits per heavy atom. The van der Waals surface area contributed by atoms with Crippen molar-refractivity contribution in [1.82, 2.24) is 5.16 Å². The molecule has 0 aliphatic heterocycles. The number of carbonyl (C=O) groups excluding carboxylic acids is 1. The normalized spacial score (nSPS) is 12.7. The molecule has 1 unspecified atom stereocenters. The van der Waals surface area contributed by atoms with E-state index < -0.39 is 15.9 Å². The monoisotopic (exact) mass is 324 g/mol. The van der Waals surface area contributed by atoms with Gasteiger partial charge in [-0.05, 0) is 38.1 Å². The Labute approximate surface area is 128 Å². The van der Waals surface area contributed by atoms with Gasteiger partial charge in [-0.1, -0.05) is 5.16 Å². The van der Waals surface area contributed by atoms with Gasteiger partial charge >= 0.3 is 0 Å². The topological polar surface area (TPSA) is 98.5 Å². The van der Waals surface area contributed by atoms with E-state index in [0.717, 1.165) is 6.26 Å². The van der Waals surface area contributed by atoms with Crippen LogP contribution in [0.4, 0.5) is 5.82 Å². The van der Waals surface area contributed by atoms with Crippen LogP contribution in [0.25, 0.3) is 0 Å². The molecule has 0 aliphatic rings. The fourth-order valence-corrected chi connectivity index (χ4v) is 2.31. The predicted molar refractivity (Wildman–Crippen MR) is 79.5 cm³/mol. The number of nitrogens with zero attached hydrogens (tertiary/aromatic N) is 1. The summed E-state index contributed by atoms with van der Waals surface area (Å²) in [5.74, 6) is 0.900. The second-order valence-electron chi connectivity index (χ2n) is 4.82. The molecule has 2 aromatic rings. The van der Waals surface area contributed by atoms with Gasteiger partial charge in [0.2, 0.25) is 0 Å². The van der Waals surface area contributed by atoms with Crippen LogP contribution >= 0.6 is 0 Å². The van der Waals surface area contributed by atoms with Crippen molar-refractivity contribution in [2.45, 2.75) is 24.8 Å². The molecule has 0 aliphatic carbocycles. The summed E-state index contributed by atoms with van der Waals surface area (Å²) in [5, 5.41) is 6.21. The van der Waals surface area contributed by atoms with Gasteiger partial charge in [0.1, 0.15) is 11.5 Å². The number of nitrogens with one attached hydrogen (secondary N) is 1. The molecule has 1 N–H and O–H groups in total. The van der Waals surface area contributed by atoms with Crippen molar-refractivity contribution in [3.05, 3.63) is 36.1 Å². The average molecular weight is 324 g/mol. The number of anilines is 1. The second kappa shape index (κ2) is 6.18. The Hall–Kier alpha value is -2.35. The summed E-state index contributed by atoms with van der Waals surface area (Å²) in [7, 11) is -3.26. The molecule has 1 aromatic heterocycles. The second-order valence-corrected chi connectivity index (χ2v) is 6.83. The minimum absolute atomic E-state index is 0.190. The summed E-state index contributed by atoms with van der Waals surface area (Å²) in [6.07, 6.45) is 0.347. The number of rotatable bonds is 5. The van der Waals surface area contributed by atoms with Crippen LogP contribution in [0, 0.1) is 6.92 Å². The number of hydrogen-bond donors (Lipinski definition) is 1. The molecule has 0 bridgehead atoms. The van der Waals surface area contributed by atoms with Crippen molar-refractivity contribution < 1.29 is 22.5 Å². The predicted octanol–water partition coefficient (Wildman–Crippen LogP) is 1.79. The third-order valence-corrected chi connectivity index (χ3v) is 3.94. The average Bonchev–Trinajstić information content (AvgIpc) is 2.83. The molecule has 1 atom stereocenters. The molecule has 0 spiro atoms. The number of carbonyl (C=O) groups is 1. The zero-order valence-corrected chi connectivity index (χ0v) is 13.2. The van der Waals surface area contributed by atoms with E-state index in [1.54, 1.807) is 19.9 Å². The molecular formula is C14H16N2O5S. The molecule has 22 heavy (non-hydrogen) atoms. The highest BCUT2D eigenvalue weighted by Gasteiger charge is 2.17. The molecule has 7 nitrogen and oxygen atoms in total. The number of amides is 1. The fourth-order valence-electron chi connectivity index (χ4n) is 1.68. The molecule has 1 aromatic carbocycles. The van der Waals surface area contributed by atoms with Gasteiger partial charge in [-0.2, -0.15) is 0 Å². The lowest BCUT2D eigenvalue weighted by molar-refractivity contribution is -0.122. The summed E-state index contributed by atoms with van der Waals surface area (Å²) >= 11 is 0. The molecule has 8 heteroatoms. The van der Waals surface area contributed by atoms with Gasteiger partial charge in [0.05, 0.1) is 4.90 Å². The summed E-state index contributed by atoms with van der Waals surface area (Å²) in [6, 6.07) is 7.44. The SMILES string of the molecule is Cc1cc(NC(=O)C(C)Oc2ccc(S(C)(=O)=O)cc2)no1. The molecule has 1 amide bonds. The van der Waals surface area contributed by atoms with Crippen molar-refractivity contribution in [1.29, 1.82) is 0 Å². The zero-order chi connectivity index (χ0) is 16.3. The van der Waals surface area contributed by atoms with Crippen LogP contribution in [0.3, 0.4) is 0 Å². The number of ether oxygens (including phenoxy) is 1. The van der Waals surface area contributed by atoms with Crippen molar-refractivity contribution in [2.75, 3.05) is 11.6 Å². The lowest BCUT2D eigenvalue weighted by Crippen LogP contribution is -2.30. The molecule has 0 radical (unpaired) electrons. The molecule has 1 heterocycles. The van der Waals surface area contributed by atoms with Gasteiger partial charge in [0, 0.05) is 12.3 Å². The van der Waals surface area contributed by atoms with Crippen LogP contribution in [0.2, 0.25) is 0 Å². The van der Waals surface area contributed by atoms with E-state index in [4.69, 9.17) is 9.26 Å². The third-order valence-electron chi connectivity index (χ3n) is 2.81. The lowest BCUT2D eigenvalue weighted by atomic mass is 10.3. The molecule has 118 valence electrons. The Balaban J connectivity index is 1.99. The number of aryl methyl sites for hydroxylation is 1. The molecular weight excluding hydrogens is 308 g/mol. The van der Waals surface area contributed by atoms with E-state index in [2.05, 4.69) is 10.5 Å². The van der Waals surface area contributed by atoms with Crippen molar-refractivity contribution in [3.8, 4) is 5.75 Å². The maximum absolute atomic E-state index is 11.9. The minimum Gasteiger partial charge on any atom is -0.481 e. The van der Waals surface area contributed by atoms with Crippen LogP contribution in [0.15, 0.2) is 39.8 Å². The first-order valence-electron chi connectivity index (χ1n) is 6.46. The first-order chi connectivity index (χ1) is 10.3. The van der Waals surface area contributed by atoms with Gasteiger partial charge in [-0.25, -0.2) is 8.42 Å². The Morgan fingerprint density at radius 3 is 2.45 bits per heavy atom. The van der Waals surface area contributed by atoms with Gasteiger partial charge in [-0.3, -0.25) is 4.79 Å². The van der Waals surface area contributed by atoms with Crippen LogP contribution < -0.4 is 10.1 Å². The summed E-state index contributed by atoms with van der Waals surface area (Å²) in [6.45, 7) is 3.29. The lowest BCUT2D eigenvalue weighted by Gasteiger charge is -2.13. The molecule has 2 rings (SSSR count). The maximum atomic E-state index is 11.9. The largest absolute Gasteiger partial charge is 0.481 e. The quantitative estimate of drug-likeness (QED) is 0.900. The van der Waals surface area contributed by atoms with E-state index in [0.29, 0.717) is 17.3 Å². The Bertz CT molecular complexity index is 765. The number of hydrogen-bond acceptors (Lipinski definition) is 6. The van der Waals surface area contributed by atoms with Crippen LogP contribution in [0.1, 0.15) is 12.7 Å². The van der Waals surface area contributed by atoms with E-state index in [1.807, 2.05) is 0 Å². The van der Waals surface area contributed by atoms with Crippen LogP contribution in [-0.4, -0.2) is 31.8 Å². The van der Waals surface area contributed by atoms with Crippen molar-refractivity contribution in [2.24, 2.45) is 0 Å². The highest BCUT2D eigenvalue weighted by Crippen LogP contribution is 2.17. The molecule has 0 saturated carbocycles. The van der Waals surface area contributed by atoms with Crippen molar-refractivity contribution >= 4 is 21.6 Å². The Morgan fingerprint density at radius 1 is 1.32 bits per heavy atom. The smallest absolute Gasteiger partial charge is 0.266 e. The van der Waals surface area contributed by atoms with E-state index in [1.165, 1.54) is 24.3 Å². The van der Waals surface area contributed by atoms with Gasteiger partial charge < -0.3 is 14.6 Å². The summed E-state index contributed by atoms with van der Waals surface area (Å²) in [4.78, 5) is 12.1. The summed E-state index contributed by atoms with van der Waals surface area (Å²) in [5.41, 5.74) is 0. The number of aromatic nitrogens is 1. The highest BCUT2D eigenvalue weighted by molar-refractivity contribution is 7.90. The first-order valence-corrected chi connectivity index (χ1v) is 8.36. The maximum Gasteiger partial charge on any atom is 0.266 e. The molecule has 0 fully saturated rings. The third kappa shape index (κ3) is 4.08. The van der Waals surface area contributed by atoms with Gasteiger partial charge in [0.15, 0.2) is 21.8 Å². The van der Waals surface area contributed by atoms with E-state index in [9.17, 15) is 13.2 Å². The van der Waals surface area contributed by atoms with Gasteiger partial charge in [0.25, 0.3) is 5.91 Å². The number of sulfone groups is 1. The highest BCUT2D eigenvalue weighted by atomic mass is 32.2. The van der Waals surface area contributed by atoms with Gasteiger partial charge in [-0.15, -0.1) is 0 Å². The van der Waals surface area contributed by atoms with E-state index >= 15 is 0 Å². The van der Waals surface area contributed by atoms with Crippen molar-refractivity contribution in [3.63, 3.8) is 0 Å². The minimum atomic E-state index is -3.26.